The van der Waals surface area contributed by atoms with Crippen LogP contribution in [0.1, 0.15) is 42.4 Å². The lowest BCUT2D eigenvalue weighted by Crippen LogP contribution is -2.37. The number of H-pyrrole nitrogens is 1. The fourth-order valence-electron chi connectivity index (χ4n) is 4.22. The predicted molar refractivity (Wildman–Crippen MR) is 114 cm³/mol. The molecule has 2 aromatic rings. The van der Waals surface area contributed by atoms with E-state index in [4.69, 9.17) is 9.47 Å². The van der Waals surface area contributed by atoms with Gasteiger partial charge in [0.05, 0.1) is 25.2 Å². The van der Waals surface area contributed by atoms with Crippen molar-refractivity contribution in [3.05, 3.63) is 58.3 Å². The molecule has 2 unspecified atom stereocenters. The summed E-state index contributed by atoms with van der Waals surface area (Å²) in [6.07, 6.45) is 2.51. The van der Waals surface area contributed by atoms with Gasteiger partial charge < -0.3 is 19.0 Å². The second-order valence-electron chi connectivity index (χ2n) is 7.76. The van der Waals surface area contributed by atoms with Crippen LogP contribution in [0.25, 0.3) is 0 Å². The Bertz CT molecular complexity index is 1030. The predicted octanol–water partition coefficient (Wildman–Crippen LogP) is 3.38. The molecule has 3 heterocycles. The van der Waals surface area contributed by atoms with Gasteiger partial charge in [0.15, 0.2) is 0 Å². The number of nitrogens with one attached hydrogen (secondary N) is 1. The Morgan fingerprint density at radius 2 is 1.97 bits per heavy atom. The average Bonchev–Trinajstić information content (AvgIpc) is 3.24. The fraction of sp³-hybridized carbons (Fsp3) is 0.435. The highest BCUT2D eigenvalue weighted by Gasteiger charge is 2.43. The molecule has 0 spiro atoms. The molecule has 2 aromatic heterocycles. The van der Waals surface area contributed by atoms with Gasteiger partial charge in [-0.15, -0.1) is 0 Å². The van der Waals surface area contributed by atoms with Crippen LogP contribution in [0.3, 0.4) is 0 Å². The molecule has 0 aromatic carbocycles. The van der Waals surface area contributed by atoms with E-state index in [1.807, 2.05) is 43.8 Å². The lowest BCUT2D eigenvalue weighted by molar-refractivity contribution is -0.144. The monoisotopic (exact) mass is 411 g/mol. The van der Waals surface area contributed by atoms with E-state index in [9.17, 15) is 9.59 Å². The quantitative estimate of drug-likeness (QED) is 0.739. The molecule has 2 atom stereocenters. The zero-order chi connectivity index (χ0) is 22.0. The molecule has 0 bridgehead atoms. The number of ether oxygens (including phenoxy) is 2. The fourth-order valence-corrected chi connectivity index (χ4v) is 4.22. The molecular formula is C23H29N3O4. The van der Waals surface area contributed by atoms with E-state index in [2.05, 4.69) is 16.0 Å². The van der Waals surface area contributed by atoms with Crippen LogP contribution in [0.2, 0.25) is 0 Å². The molecular weight excluding hydrogens is 382 g/mol. The number of rotatable bonds is 6. The summed E-state index contributed by atoms with van der Waals surface area (Å²) in [5.41, 5.74) is 5.70. The van der Waals surface area contributed by atoms with Gasteiger partial charge in [0.25, 0.3) is 0 Å². The van der Waals surface area contributed by atoms with Crippen molar-refractivity contribution in [2.24, 2.45) is 18.0 Å². The molecule has 1 aliphatic rings. The van der Waals surface area contributed by atoms with E-state index in [0.717, 1.165) is 22.6 Å². The first-order chi connectivity index (χ1) is 14.2. The number of aryl methyl sites for hydroxylation is 3. The molecule has 0 saturated heterocycles. The summed E-state index contributed by atoms with van der Waals surface area (Å²) in [5, 5.41) is 0. The summed E-state index contributed by atoms with van der Waals surface area (Å²) in [4.78, 5) is 33.5. The highest BCUT2D eigenvalue weighted by atomic mass is 16.5. The minimum atomic E-state index is -0.676. The molecule has 0 fully saturated rings. The summed E-state index contributed by atoms with van der Waals surface area (Å²) in [5.74, 6) is -2.06. The third-order valence-corrected chi connectivity index (χ3v) is 5.67. The summed E-state index contributed by atoms with van der Waals surface area (Å²) in [7, 11) is 3.24. The normalized spacial score (nSPS) is 18.9. The maximum atomic E-state index is 13.2. The lowest BCUT2D eigenvalue weighted by Gasteiger charge is -2.31. The Morgan fingerprint density at radius 3 is 2.53 bits per heavy atom. The molecule has 7 heteroatoms. The SMILES string of the molecule is COC(=O)C1C(C)=NC(C)=C(C(=O)OCCc2cc(C)[nH]c2C)C1c1cccn1C. The maximum Gasteiger partial charge on any atom is 0.336 e. The van der Waals surface area contributed by atoms with Gasteiger partial charge in [-0.2, -0.15) is 0 Å². The van der Waals surface area contributed by atoms with Gasteiger partial charge in [-0.05, 0) is 51.5 Å². The number of aromatic amines is 1. The molecule has 7 nitrogen and oxygen atoms in total. The smallest absolute Gasteiger partial charge is 0.336 e. The first-order valence-electron chi connectivity index (χ1n) is 10.0. The van der Waals surface area contributed by atoms with Gasteiger partial charge in [-0.1, -0.05) is 0 Å². The summed E-state index contributed by atoms with van der Waals surface area (Å²) in [6.45, 7) is 7.82. The number of carbonyl (C=O) groups excluding carboxylic acids is 2. The van der Waals surface area contributed by atoms with Crippen LogP contribution in [0.4, 0.5) is 0 Å². The maximum absolute atomic E-state index is 13.2. The third kappa shape index (κ3) is 4.10. The van der Waals surface area contributed by atoms with Gasteiger partial charge >= 0.3 is 11.9 Å². The number of aliphatic imine (C=N–C) groups is 1. The zero-order valence-electron chi connectivity index (χ0n) is 18.4. The Balaban J connectivity index is 1.89. The van der Waals surface area contributed by atoms with Crippen molar-refractivity contribution >= 4 is 17.7 Å². The number of allylic oxidation sites excluding steroid dienone is 1. The Hall–Kier alpha value is -3.09. The van der Waals surface area contributed by atoms with E-state index >= 15 is 0 Å². The number of methoxy groups -OCH3 is 1. The van der Waals surface area contributed by atoms with Crippen molar-refractivity contribution in [2.45, 2.75) is 40.0 Å². The van der Waals surface area contributed by atoms with Crippen LogP contribution in [-0.2, 0) is 32.5 Å². The molecule has 30 heavy (non-hydrogen) atoms. The standard InChI is InChI=1S/C23H29N3O4/c1-13-12-17(14(2)24-13)9-11-30-23(28)20-16(4)25-15(3)19(22(27)29-6)21(20)18-8-7-10-26(18)5/h7-8,10,12,19,21,24H,9,11H2,1-6H3. The number of nitrogens with zero attached hydrogens (tertiary/aromatic N) is 2. The highest BCUT2D eigenvalue weighted by Crippen LogP contribution is 2.40. The van der Waals surface area contributed by atoms with Crippen molar-refractivity contribution in [1.29, 1.82) is 0 Å². The summed E-state index contributed by atoms with van der Waals surface area (Å²) in [6, 6.07) is 5.85. The van der Waals surface area contributed by atoms with Crippen molar-refractivity contribution < 1.29 is 19.1 Å². The number of carbonyl (C=O) groups is 2. The van der Waals surface area contributed by atoms with E-state index in [1.54, 1.807) is 13.8 Å². The third-order valence-electron chi connectivity index (χ3n) is 5.67. The minimum Gasteiger partial charge on any atom is -0.468 e. The van der Waals surface area contributed by atoms with Gasteiger partial charge in [0, 0.05) is 48.2 Å². The largest absolute Gasteiger partial charge is 0.468 e. The number of aromatic nitrogens is 2. The van der Waals surface area contributed by atoms with Gasteiger partial charge in [-0.25, -0.2) is 4.79 Å². The number of hydrogen-bond acceptors (Lipinski definition) is 5. The first kappa shape index (κ1) is 21.6. The van der Waals surface area contributed by atoms with E-state index in [1.165, 1.54) is 7.11 Å². The van der Waals surface area contributed by atoms with Crippen LogP contribution in [0.5, 0.6) is 0 Å². The van der Waals surface area contributed by atoms with Crippen LogP contribution in [0, 0.1) is 19.8 Å². The van der Waals surface area contributed by atoms with Crippen LogP contribution >= 0.6 is 0 Å². The minimum absolute atomic E-state index is 0.249. The molecule has 0 aliphatic carbocycles. The Kier molecular flexibility index (Phi) is 6.29. The Morgan fingerprint density at radius 1 is 1.23 bits per heavy atom. The highest BCUT2D eigenvalue weighted by molar-refractivity contribution is 6.06. The number of esters is 2. The van der Waals surface area contributed by atoms with Crippen molar-refractivity contribution in [1.82, 2.24) is 9.55 Å². The van der Waals surface area contributed by atoms with E-state index in [0.29, 0.717) is 23.4 Å². The van der Waals surface area contributed by atoms with E-state index in [-0.39, 0.29) is 6.61 Å². The zero-order valence-corrected chi connectivity index (χ0v) is 18.4. The second kappa shape index (κ2) is 8.73. The van der Waals surface area contributed by atoms with Crippen LogP contribution in [-0.4, -0.2) is 40.9 Å². The molecule has 0 radical (unpaired) electrons. The molecule has 160 valence electrons. The van der Waals surface area contributed by atoms with Crippen molar-refractivity contribution in [3.8, 4) is 0 Å². The molecule has 0 saturated carbocycles. The van der Waals surface area contributed by atoms with Gasteiger partial charge in [0.1, 0.15) is 5.92 Å². The molecule has 1 aliphatic heterocycles. The van der Waals surface area contributed by atoms with Crippen molar-refractivity contribution in [3.63, 3.8) is 0 Å². The first-order valence-corrected chi connectivity index (χ1v) is 10.0. The number of hydrogen-bond donors (Lipinski definition) is 1. The van der Waals surface area contributed by atoms with E-state index < -0.39 is 23.8 Å². The van der Waals surface area contributed by atoms with Crippen molar-refractivity contribution in [2.75, 3.05) is 13.7 Å². The average molecular weight is 412 g/mol. The molecule has 0 amide bonds. The van der Waals surface area contributed by atoms with Crippen LogP contribution in [0.15, 0.2) is 40.7 Å². The van der Waals surface area contributed by atoms with Gasteiger partial charge in [0.2, 0.25) is 0 Å². The topological polar surface area (TPSA) is 85.7 Å². The van der Waals surface area contributed by atoms with Crippen LogP contribution < -0.4 is 0 Å². The molecule has 3 rings (SSSR count). The lowest BCUT2D eigenvalue weighted by atomic mass is 9.77. The summed E-state index contributed by atoms with van der Waals surface area (Å²) < 4.78 is 12.6. The summed E-state index contributed by atoms with van der Waals surface area (Å²) >= 11 is 0. The Labute approximate surface area is 176 Å². The van der Waals surface area contributed by atoms with Gasteiger partial charge in [-0.3, -0.25) is 9.79 Å². The molecule has 1 N–H and O–H groups in total. The second-order valence-corrected chi connectivity index (χ2v) is 7.76.